The molecule has 2 aromatic rings. The first-order valence-corrected chi connectivity index (χ1v) is 7.93. The molecule has 0 heterocycles. The SMILES string of the molecule is CN(CCOc1ccccc1F)CC(=O)Nc1cc(Cl)ccc1C#N. The number of ether oxygens (including phenoxy) is 1. The van der Waals surface area contributed by atoms with E-state index in [1.54, 1.807) is 42.3 Å². The van der Waals surface area contributed by atoms with Gasteiger partial charge in [-0.15, -0.1) is 0 Å². The van der Waals surface area contributed by atoms with Gasteiger partial charge >= 0.3 is 0 Å². The number of para-hydroxylation sites is 1. The van der Waals surface area contributed by atoms with E-state index in [-0.39, 0.29) is 24.8 Å². The first-order chi connectivity index (χ1) is 12.0. The Bertz CT molecular complexity index is 792. The number of nitriles is 1. The standard InChI is InChI=1S/C18H17ClFN3O2/c1-23(8-9-25-17-5-3-2-4-15(17)20)12-18(24)22-16-10-14(19)7-6-13(16)11-21/h2-7,10H,8-9,12H2,1H3,(H,22,24). The fourth-order valence-electron chi connectivity index (χ4n) is 2.10. The third kappa shape index (κ3) is 5.75. The molecular formula is C18H17ClFN3O2. The van der Waals surface area contributed by atoms with Gasteiger partial charge < -0.3 is 10.1 Å². The van der Waals surface area contributed by atoms with Crippen LogP contribution in [0.5, 0.6) is 5.75 Å². The minimum Gasteiger partial charge on any atom is -0.489 e. The molecule has 0 aromatic heterocycles. The Morgan fingerprint density at radius 3 is 2.84 bits per heavy atom. The number of benzene rings is 2. The summed E-state index contributed by atoms with van der Waals surface area (Å²) in [6, 6.07) is 12.8. The Morgan fingerprint density at radius 1 is 1.36 bits per heavy atom. The third-order valence-electron chi connectivity index (χ3n) is 3.36. The van der Waals surface area contributed by atoms with Crippen LogP contribution < -0.4 is 10.1 Å². The molecule has 0 unspecified atom stereocenters. The summed E-state index contributed by atoms with van der Waals surface area (Å²) >= 11 is 5.88. The van der Waals surface area contributed by atoms with Crippen LogP contribution in [-0.4, -0.2) is 37.6 Å². The van der Waals surface area contributed by atoms with Crippen molar-refractivity contribution in [3.8, 4) is 11.8 Å². The fourth-order valence-corrected chi connectivity index (χ4v) is 2.28. The third-order valence-corrected chi connectivity index (χ3v) is 3.59. The normalized spacial score (nSPS) is 10.4. The van der Waals surface area contributed by atoms with E-state index in [1.165, 1.54) is 12.1 Å². The van der Waals surface area contributed by atoms with Crippen molar-refractivity contribution in [3.05, 3.63) is 58.9 Å². The molecule has 0 bridgehead atoms. The van der Waals surface area contributed by atoms with Crippen molar-refractivity contribution in [2.45, 2.75) is 0 Å². The lowest BCUT2D eigenvalue weighted by atomic mass is 10.2. The van der Waals surface area contributed by atoms with E-state index >= 15 is 0 Å². The van der Waals surface area contributed by atoms with Crippen LogP contribution in [0, 0.1) is 17.1 Å². The van der Waals surface area contributed by atoms with Gasteiger partial charge in [-0.25, -0.2) is 4.39 Å². The fraction of sp³-hybridized carbons (Fsp3) is 0.222. The first kappa shape index (κ1) is 18.7. The molecule has 7 heteroatoms. The molecule has 0 fully saturated rings. The largest absolute Gasteiger partial charge is 0.489 e. The Hall–Kier alpha value is -2.62. The van der Waals surface area contributed by atoms with Crippen LogP contribution >= 0.6 is 11.6 Å². The molecule has 5 nitrogen and oxygen atoms in total. The maximum absolute atomic E-state index is 13.4. The van der Waals surface area contributed by atoms with Crippen LogP contribution in [0.4, 0.5) is 10.1 Å². The van der Waals surface area contributed by atoms with Crippen molar-refractivity contribution < 1.29 is 13.9 Å². The Balaban J connectivity index is 1.81. The Kier molecular flexibility index (Phi) is 6.75. The minimum atomic E-state index is -0.423. The molecule has 1 N–H and O–H groups in total. The number of carbonyl (C=O) groups excluding carboxylic acids is 1. The molecular weight excluding hydrogens is 345 g/mol. The quantitative estimate of drug-likeness (QED) is 0.821. The Morgan fingerprint density at radius 2 is 2.12 bits per heavy atom. The predicted octanol–water partition coefficient (Wildman–Crippen LogP) is 3.30. The van der Waals surface area contributed by atoms with E-state index in [9.17, 15) is 9.18 Å². The topological polar surface area (TPSA) is 65.4 Å². The smallest absolute Gasteiger partial charge is 0.238 e. The molecule has 130 valence electrons. The molecule has 2 aromatic carbocycles. The molecule has 1 amide bonds. The lowest BCUT2D eigenvalue weighted by molar-refractivity contribution is -0.117. The maximum Gasteiger partial charge on any atom is 0.238 e. The monoisotopic (exact) mass is 361 g/mol. The van der Waals surface area contributed by atoms with E-state index in [1.807, 2.05) is 6.07 Å². The van der Waals surface area contributed by atoms with E-state index in [0.717, 1.165) is 0 Å². The van der Waals surface area contributed by atoms with Gasteiger partial charge in [-0.3, -0.25) is 9.69 Å². The number of nitrogens with zero attached hydrogens (tertiary/aromatic N) is 2. The first-order valence-electron chi connectivity index (χ1n) is 7.55. The molecule has 25 heavy (non-hydrogen) atoms. The van der Waals surface area contributed by atoms with Crippen LogP contribution in [0.2, 0.25) is 5.02 Å². The van der Waals surface area contributed by atoms with E-state index in [2.05, 4.69) is 5.32 Å². The van der Waals surface area contributed by atoms with E-state index < -0.39 is 5.82 Å². The highest BCUT2D eigenvalue weighted by Crippen LogP contribution is 2.20. The molecule has 0 saturated carbocycles. The zero-order chi connectivity index (χ0) is 18.2. The molecule has 0 spiro atoms. The van der Waals surface area contributed by atoms with E-state index in [4.69, 9.17) is 21.6 Å². The molecule has 0 aliphatic heterocycles. The second kappa shape index (κ2) is 9.02. The van der Waals surface area contributed by atoms with Gasteiger partial charge in [0.1, 0.15) is 12.7 Å². The minimum absolute atomic E-state index is 0.0953. The van der Waals surface area contributed by atoms with Crippen molar-refractivity contribution in [2.24, 2.45) is 0 Å². The van der Waals surface area contributed by atoms with Crippen LogP contribution in [0.1, 0.15) is 5.56 Å². The van der Waals surface area contributed by atoms with Crippen molar-refractivity contribution in [2.75, 3.05) is 32.1 Å². The van der Waals surface area contributed by atoms with Crippen LogP contribution in [-0.2, 0) is 4.79 Å². The number of nitrogens with one attached hydrogen (secondary N) is 1. The summed E-state index contributed by atoms with van der Waals surface area (Å²) in [5.41, 5.74) is 0.708. The predicted molar refractivity (Wildman–Crippen MR) is 94.2 cm³/mol. The number of hydrogen-bond donors (Lipinski definition) is 1. The number of rotatable bonds is 7. The van der Waals surface area contributed by atoms with Gasteiger partial charge in [0.2, 0.25) is 5.91 Å². The van der Waals surface area contributed by atoms with Crippen molar-refractivity contribution in [3.63, 3.8) is 0 Å². The van der Waals surface area contributed by atoms with Gasteiger partial charge in [0.15, 0.2) is 11.6 Å². The average Bonchev–Trinajstić information content (AvgIpc) is 2.56. The summed E-state index contributed by atoms with van der Waals surface area (Å²) in [7, 11) is 1.74. The second-order valence-corrected chi connectivity index (χ2v) is 5.80. The lowest BCUT2D eigenvalue weighted by Crippen LogP contribution is -2.33. The van der Waals surface area contributed by atoms with Crippen molar-refractivity contribution in [1.29, 1.82) is 5.26 Å². The van der Waals surface area contributed by atoms with Crippen LogP contribution in [0.15, 0.2) is 42.5 Å². The molecule has 0 aliphatic rings. The van der Waals surface area contributed by atoms with Gasteiger partial charge in [0.25, 0.3) is 0 Å². The van der Waals surface area contributed by atoms with Gasteiger partial charge in [-0.05, 0) is 37.4 Å². The average molecular weight is 362 g/mol. The van der Waals surface area contributed by atoms with Gasteiger partial charge in [0, 0.05) is 11.6 Å². The molecule has 0 atom stereocenters. The summed E-state index contributed by atoms with van der Waals surface area (Å²) in [5.74, 6) is -0.530. The molecule has 2 rings (SSSR count). The van der Waals surface area contributed by atoms with E-state index in [0.29, 0.717) is 22.8 Å². The lowest BCUT2D eigenvalue weighted by Gasteiger charge is -2.17. The zero-order valence-corrected chi connectivity index (χ0v) is 14.4. The summed E-state index contributed by atoms with van der Waals surface area (Å²) in [4.78, 5) is 13.8. The van der Waals surface area contributed by atoms with Gasteiger partial charge in [-0.1, -0.05) is 23.7 Å². The zero-order valence-electron chi connectivity index (χ0n) is 13.6. The van der Waals surface area contributed by atoms with Crippen LogP contribution in [0.3, 0.4) is 0 Å². The number of likely N-dealkylation sites (N-methyl/N-ethyl adjacent to an activating group) is 1. The number of anilines is 1. The van der Waals surface area contributed by atoms with Gasteiger partial charge in [0.05, 0.1) is 17.8 Å². The maximum atomic E-state index is 13.4. The summed E-state index contributed by atoms with van der Waals surface area (Å²) in [5, 5.41) is 12.1. The van der Waals surface area contributed by atoms with Crippen molar-refractivity contribution >= 4 is 23.2 Å². The van der Waals surface area contributed by atoms with Crippen molar-refractivity contribution in [1.82, 2.24) is 4.90 Å². The second-order valence-electron chi connectivity index (χ2n) is 5.37. The number of halogens is 2. The highest BCUT2D eigenvalue weighted by Gasteiger charge is 2.11. The molecule has 0 aliphatic carbocycles. The summed E-state index contributed by atoms with van der Waals surface area (Å²) < 4.78 is 18.8. The van der Waals surface area contributed by atoms with Crippen LogP contribution in [0.25, 0.3) is 0 Å². The number of hydrogen-bond acceptors (Lipinski definition) is 4. The number of carbonyl (C=O) groups is 1. The number of amides is 1. The Labute approximate surface area is 150 Å². The highest BCUT2D eigenvalue weighted by molar-refractivity contribution is 6.31. The summed E-state index contributed by atoms with van der Waals surface area (Å²) in [6.45, 7) is 0.770. The molecule has 0 radical (unpaired) electrons. The van der Waals surface area contributed by atoms with Gasteiger partial charge in [-0.2, -0.15) is 5.26 Å². The molecule has 0 saturated heterocycles. The highest BCUT2D eigenvalue weighted by atomic mass is 35.5. The summed E-state index contributed by atoms with van der Waals surface area (Å²) in [6.07, 6.45) is 0.